The molecule has 0 aromatic heterocycles. The van der Waals surface area contributed by atoms with Gasteiger partial charge in [0.25, 0.3) is 0 Å². The fourth-order valence-corrected chi connectivity index (χ4v) is 1.67. The first kappa shape index (κ1) is 13.7. The third-order valence-corrected chi connectivity index (χ3v) is 2.86. The van der Waals surface area contributed by atoms with Gasteiger partial charge in [-0.2, -0.15) is 0 Å². The number of methoxy groups -OCH3 is 2. The number of hydrogen-bond acceptors (Lipinski definition) is 3. The number of ketones is 1. The molecule has 0 saturated carbocycles. The average molecular weight is 236 g/mol. The molecule has 0 aliphatic carbocycles. The number of benzene rings is 1. The van der Waals surface area contributed by atoms with Crippen LogP contribution in [-0.2, 0) is 16.0 Å². The summed E-state index contributed by atoms with van der Waals surface area (Å²) in [6.07, 6.45) is 1.19. The van der Waals surface area contributed by atoms with Crippen molar-refractivity contribution < 1.29 is 14.3 Å². The molecule has 94 valence electrons. The molecule has 0 bridgehead atoms. The summed E-state index contributed by atoms with van der Waals surface area (Å²) in [5.41, 5.74) is 0.948. The monoisotopic (exact) mass is 236 g/mol. The predicted octanol–water partition coefficient (Wildman–Crippen LogP) is 2.48. The van der Waals surface area contributed by atoms with Gasteiger partial charge in [0.05, 0.1) is 7.11 Å². The van der Waals surface area contributed by atoms with Crippen molar-refractivity contribution in [3.63, 3.8) is 0 Å². The lowest BCUT2D eigenvalue weighted by Crippen LogP contribution is -2.15. The molecule has 0 saturated heterocycles. The van der Waals surface area contributed by atoms with E-state index in [0.29, 0.717) is 13.0 Å². The van der Waals surface area contributed by atoms with Crippen LogP contribution in [0.2, 0.25) is 0 Å². The van der Waals surface area contributed by atoms with Crippen molar-refractivity contribution in [3.8, 4) is 5.75 Å². The quantitative estimate of drug-likeness (QED) is 0.729. The molecule has 0 radical (unpaired) electrons. The highest BCUT2D eigenvalue weighted by Gasteiger charge is 2.15. The number of carbonyl (C=O) groups excluding carboxylic acids is 1. The number of carbonyl (C=O) groups is 1. The van der Waals surface area contributed by atoms with Crippen LogP contribution in [0.4, 0.5) is 0 Å². The molecular formula is C14H20O3. The Morgan fingerprint density at radius 1 is 1.29 bits per heavy atom. The minimum absolute atomic E-state index is 0.0277. The van der Waals surface area contributed by atoms with Crippen molar-refractivity contribution in [3.05, 3.63) is 29.8 Å². The van der Waals surface area contributed by atoms with Crippen molar-refractivity contribution in [2.75, 3.05) is 20.8 Å². The Kier molecular flexibility index (Phi) is 5.70. The Hall–Kier alpha value is -1.35. The van der Waals surface area contributed by atoms with E-state index < -0.39 is 0 Å². The van der Waals surface area contributed by atoms with Gasteiger partial charge in [0.2, 0.25) is 0 Å². The topological polar surface area (TPSA) is 35.5 Å². The largest absolute Gasteiger partial charge is 0.496 e. The van der Waals surface area contributed by atoms with Crippen molar-refractivity contribution in [2.24, 2.45) is 5.92 Å². The zero-order valence-corrected chi connectivity index (χ0v) is 10.7. The molecule has 1 atom stereocenters. The van der Waals surface area contributed by atoms with E-state index in [-0.39, 0.29) is 11.7 Å². The number of ether oxygens (including phenoxy) is 2. The van der Waals surface area contributed by atoms with E-state index in [1.54, 1.807) is 14.2 Å². The van der Waals surface area contributed by atoms with Crippen LogP contribution in [0, 0.1) is 5.92 Å². The fraction of sp³-hybridized carbons (Fsp3) is 0.500. The Labute approximate surface area is 103 Å². The third-order valence-electron chi connectivity index (χ3n) is 2.86. The SMILES string of the molecule is COCCC(C)C(=O)Cc1ccccc1OC. The number of rotatable bonds is 7. The van der Waals surface area contributed by atoms with Gasteiger partial charge >= 0.3 is 0 Å². The summed E-state index contributed by atoms with van der Waals surface area (Å²) in [4.78, 5) is 12.0. The fourth-order valence-electron chi connectivity index (χ4n) is 1.67. The van der Waals surface area contributed by atoms with Crippen LogP contribution in [0.15, 0.2) is 24.3 Å². The normalized spacial score (nSPS) is 12.2. The Balaban J connectivity index is 2.61. The van der Waals surface area contributed by atoms with Gasteiger partial charge in [-0.1, -0.05) is 25.1 Å². The van der Waals surface area contributed by atoms with Gasteiger partial charge < -0.3 is 9.47 Å². The lowest BCUT2D eigenvalue weighted by Gasteiger charge is -2.11. The third kappa shape index (κ3) is 4.19. The van der Waals surface area contributed by atoms with E-state index in [2.05, 4.69) is 0 Å². The molecule has 0 amide bonds. The molecule has 0 aliphatic heterocycles. The minimum atomic E-state index is 0.0277. The molecule has 0 heterocycles. The zero-order chi connectivity index (χ0) is 12.7. The predicted molar refractivity (Wildman–Crippen MR) is 67.4 cm³/mol. The van der Waals surface area contributed by atoms with Crippen LogP contribution in [0.25, 0.3) is 0 Å². The summed E-state index contributed by atoms with van der Waals surface area (Å²) < 4.78 is 10.2. The lowest BCUT2D eigenvalue weighted by atomic mass is 9.96. The van der Waals surface area contributed by atoms with Crippen LogP contribution in [0.1, 0.15) is 18.9 Å². The first-order valence-electron chi connectivity index (χ1n) is 5.82. The Morgan fingerprint density at radius 2 is 2.00 bits per heavy atom. The first-order valence-corrected chi connectivity index (χ1v) is 5.82. The summed E-state index contributed by atoms with van der Waals surface area (Å²) in [6, 6.07) is 7.63. The van der Waals surface area contributed by atoms with Crippen molar-refractivity contribution in [1.82, 2.24) is 0 Å². The molecule has 17 heavy (non-hydrogen) atoms. The van der Waals surface area contributed by atoms with E-state index in [1.165, 1.54) is 0 Å². The second-order valence-corrected chi connectivity index (χ2v) is 4.14. The van der Waals surface area contributed by atoms with Crippen LogP contribution < -0.4 is 4.74 Å². The molecule has 1 rings (SSSR count). The summed E-state index contributed by atoms with van der Waals surface area (Å²) in [7, 11) is 3.27. The first-order chi connectivity index (χ1) is 8.19. The van der Waals surface area contributed by atoms with Crippen molar-refractivity contribution in [1.29, 1.82) is 0 Å². The lowest BCUT2D eigenvalue weighted by molar-refractivity contribution is -0.122. The minimum Gasteiger partial charge on any atom is -0.496 e. The maximum Gasteiger partial charge on any atom is 0.140 e. The van der Waals surface area contributed by atoms with E-state index in [9.17, 15) is 4.79 Å². The maximum absolute atomic E-state index is 12.0. The van der Waals surface area contributed by atoms with Gasteiger partial charge in [-0.3, -0.25) is 4.79 Å². The standard InChI is InChI=1S/C14H20O3/c1-11(8-9-16-2)13(15)10-12-6-4-5-7-14(12)17-3/h4-7,11H,8-10H2,1-3H3. The highest BCUT2D eigenvalue weighted by molar-refractivity contribution is 5.83. The summed E-state index contributed by atoms with van der Waals surface area (Å²) in [6.45, 7) is 2.57. The van der Waals surface area contributed by atoms with Crippen LogP contribution in [0.3, 0.4) is 0 Å². The second-order valence-electron chi connectivity index (χ2n) is 4.14. The summed E-state index contributed by atoms with van der Waals surface area (Å²) in [5.74, 6) is 1.03. The molecule has 0 aliphatic rings. The van der Waals surface area contributed by atoms with Gasteiger partial charge in [-0.15, -0.1) is 0 Å². The summed E-state index contributed by atoms with van der Waals surface area (Å²) >= 11 is 0. The van der Waals surface area contributed by atoms with Gasteiger partial charge in [-0.25, -0.2) is 0 Å². The van der Waals surface area contributed by atoms with E-state index in [0.717, 1.165) is 17.7 Å². The van der Waals surface area contributed by atoms with Crippen LogP contribution in [0.5, 0.6) is 5.75 Å². The van der Waals surface area contributed by atoms with Gasteiger partial charge in [0.1, 0.15) is 11.5 Å². The molecule has 1 aromatic carbocycles. The molecule has 0 N–H and O–H groups in total. The molecule has 3 nitrogen and oxygen atoms in total. The smallest absolute Gasteiger partial charge is 0.140 e. The second kappa shape index (κ2) is 7.07. The molecule has 1 aromatic rings. The van der Waals surface area contributed by atoms with Gasteiger partial charge in [-0.05, 0) is 12.5 Å². The number of hydrogen-bond donors (Lipinski definition) is 0. The molecule has 1 unspecified atom stereocenters. The summed E-state index contributed by atoms with van der Waals surface area (Å²) in [5, 5.41) is 0. The Bertz CT molecular complexity index is 360. The van der Waals surface area contributed by atoms with E-state index in [4.69, 9.17) is 9.47 Å². The van der Waals surface area contributed by atoms with Crippen molar-refractivity contribution in [2.45, 2.75) is 19.8 Å². The van der Waals surface area contributed by atoms with Crippen LogP contribution in [-0.4, -0.2) is 26.6 Å². The van der Waals surface area contributed by atoms with E-state index >= 15 is 0 Å². The highest BCUT2D eigenvalue weighted by Crippen LogP contribution is 2.19. The number of Topliss-reactive ketones (excluding diaryl/α,β-unsaturated/α-hetero) is 1. The van der Waals surface area contributed by atoms with Gasteiger partial charge in [0, 0.05) is 31.6 Å². The van der Waals surface area contributed by atoms with Gasteiger partial charge in [0.15, 0.2) is 0 Å². The molecule has 0 spiro atoms. The number of para-hydroxylation sites is 1. The van der Waals surface area contributed by atoms with Crippen LogP contribution >= 0.6 is 0 Å². The molecule has 0 fully saturated rings. The Morgan fingerprint density at radius 3 is 2.65 bits per heavy atom. The average Bonchev–Trinajstić information content (AvgIpc) is 2.36. The zero-order valence-electron chi connectivity index (χ0n) is 10.7. The van der Waals surface area contributed by atoms with E-state index in [1.807, 2.05) is 31.2 Å². The molecule has 3 heteroatoms. The maximum atomic E-state index is 12.0. The van der Waals surface area contributed by atoms with Crippen molar-refractivity contribution >= 4 is 5.78 Å². The highest BCUT2D eigenvalue weighted by atomic mass is 16.5. The molecular weight excluding hydrogens is 216 g/mol.